The molecule has 3 rings (SSSR count). The van der Waals surface area contributed by atoms with Gasteiger partial charge in [0.05, 0.1) is 24.9 Å². The number of rotatable bonds is 6. The van der Waals surface area contributed by atoms with Crippen molar-refractivity contribution < 1.29 is 9.13 Å². The number of halogens is 1. The third-order valence-corrected chi connectivity index (χ3v) is 4.66. The highest BCUT2D eigenvalue weighted by Gasteiger charge is 2.16. The Morgan fingerprint density at radius 3 is 2.75 bits per heavy atom. The van der Waals surface area contributed by atoms with Crippen molar-refractivity contribution in [1.82, 2.24) is 15.1 Å². The monoisotopic (exact) mass is 332 g/mol. The first-order valence-corrected chi connectivity index (χ1v) is 8.49. The van der Waals surface area contributed by atoms with Crippen LogP contribution in [0.15, 0.2) is 36.7 Å². The summed E-state index contributed by atoms with van der Waals surface area (Å²) in [7, 11) is 0. The number of ether oxygens (including phenoxy) is 1. The summed E-state index contributed by atoms with van der Waals surface area (Å²) in [5, 5.41) is 7.72. The normalized spacial score (nSPS) is 17.7. The molecule has 0 bridgehead atoms. The van der Waals surface area contributed by atoms with E-state index in [9.17, 15) is 4.39 Å². The van der Waals surface area contributed by atoms with Crippen molar-refractivity contribution >= 4 is 5.69 Å². The Kier molecular flexibility index (Phi) is 5.48. The summed E-state index contributed by atoms with van der Waals surface area (Å²) < 4.78 is 21.7. The molecule has 1 N–H and O–H groups in total. The van der Waals surface area contributed by atoms with Gasteiger partial charge in [-0.05, 0) is 37.6 Å². The zero-order valence-corrected chi connectivity index (χ0v) is 14.3. The Hall–Kier alpha value is -1.92. The predicted octanol–water partition coefficient (Wildman–Crippen LogP) is 2.60. The number of aromatic nitrogens is 2. The van der Waals surface area contributed by atoms with E-state index in [0.29, 0.717) is 25.4 Å². The molecule has 1 saturated heterocycles. The Balaban J connectivity index is 1.58. The van der Waals surface area contributed by atoms with E-state index in [2.05, 4.69) is 24.3 Å². The summed E-state index contributed by atoms with van der Waals surface area (Å²) in [6.45, 7) is 7.67. The summed E-state index contributed by atoms with van der Waals surface area (Å²) in [6, 6.07) is 7.88. The highest BCUT2D eigenvalue weighted by Crippen LogP contribution is 2.22. The summed E-state index contributed by atoms with van der Waals surface area (Å²) in [5.41, 5.74) is 1.61. The first kappa shape index (κ1) is 16.9. The molecule has 1 aliphatic heterocycles. The molecule has 1 fully saturated rings. The molecule has 0 saturated carbocycles. The number of hydrogen-bond donors (Lipinski definition) is 1. The van der Waals surface area contributed by atoms with E-state index in [1.54, 1.807) is 12.3 Å². The van der Waals surface area contributed by atoms with Crippen molar-refractivity contribution in [2.24, 2.45) is 0 Å². The molecule has 6 heteroatoms. The molecule has 0 radical (unpaired) electrons. The van der Waals surface area contributed by atoms with E-state index in [1.807, 2.05) is 34.0 Å². The van der Waals surface area contributed by atoms with E-state index in [1.165, 1.54) is 0 Å². The van der Waals surface area contributed by atoms with Crippen LogP contribution in [0.3, 0.4) is 0 Å². The van der Waals surface area contributed by atoms with E-state index >= 15 is 0 Å². The third-order valence-electron chi connectivity index (χ3n) is 4.66. The molecule has 0 spiro atoms. The Labute approximate surface area is 142 Å². The number of morpholine rings is 1. The zero-order chi connectivity index (χ0) is 16.9. The topological polar surface area (TPSA) is 42.3 Å². The molecule has 1 aromatic carbocycles. The second kappa shape index (κ2) is 7.77. The van der Waals surface area contributed by atoms with Crippen molar-refractivity contribution in [3.8, 4) is 0 Å². The molecular formula is C18H25FN4O. The van der Waals surface area contributed by atoms with Gasteiger partial charge < -0.3 is 15.0 Å². The van der Waals surface area contributed by atoms with E-state index < -0.39 is 0 Å². The lowest BCUT2D eigenvalue weighted by Crippen LogP contribution is -2.36. The van der Waals surface area contributed by atoms with Crippen LogP contribution in [0, 0.1) is 5.82 Å². The number of benzene rings is 1. The van der Waals surface area contributed by atoms with Crippen LogP contribution in [0.5, 0.6) is 0 Å². The van der Waals surface area contributed by atoms with Crippen LogP contribution in [0.4, 0.5) is 10.1 Å². The van der Waals surface area contributed by atoms with Crippen molar-refractivity contribution in [1.29, 1.82) is 0 Å². The van der Waals surface area contributed by atoms with Gasteiger partial charge in [0.25, 0.3) is 0 Å². The Bertz CT molecular complexity index is 640. The highest BCUT2D eigenvalue weighted by atomic mass is 19.1. The van der Waals surface area contributed by atoms with Crippen LogP contribution in [0.25, 0.3) is 0 Å². The first-order chi connectivity index (χ1) is 11.6. The second-order valence-corrected chi connectivity index (χ2v) is 6.28. The number of hydrogen-bond acceptors (Lipinski definition) is 4. The zero-order valence-electron chi connectivity index (χ0n) is 14.3. The number of nitrogens with zero attached hydrogens (tertiary/aromatic N) is 3. The highest BCUT2D eigenvalue weighted by molar-refractivity contribution is 5.49. The average molecular weight is 332 g/mol. The molecule has 0 amide bonds. The molecule has 1 aliphatic rings. The van der Waals surface area contributed by atoms with Crippen LogP contribution < -0.4 is 10.2 Å². The molecule has 5 nitrogen and oxygen atoms in total. The van der Waals surface area contributed by atoms with Crippen molar-refractivity contribution in [2.45, 2.75) is 32.5 Å². The van der Waals surface area contributed by atoms with Gasteiger partial charge in [0.2, 0.25) is 0 Å². The fourth-order valence-corrected chi connectivity index (χ4v) is 2.92. The van der Waals surface area contributed by atoms with Crippen LogP contribution in [0.1, 0.15) is 25.5 Å². The molecule has 2 atom stereocenters. The molecule has 2 aromatic rings. The maximum atomic E-state index is 14.4. The minimum Gasteiger partial charge on any atom is -0.378 e. The van der Waals surface area contributed by atoms with Gasteiger partial charge in [-0.2, -0.15) is 5.10 Å². The van der Waals surface area contributed by atoms with Gasteiger partial charge in [0, 0.05) is 38.1 Å². The van der Waals surface area contributed by atoms with Gasteiger partial charge in [-0.15, -0.1) is 0 Å². The summed E-state index contributed by atoms with van der Waals surface area (Å²) in [4.78, 5) is 2.04. The molecule has 24 heavy (non-hydrogen) atoms. The molecule has 130 valence electrons. The lowest BCUT2D eigenvalue weighted by Gasteiger charge is -2.29. The van der Waals surface area contributed by atoms with E-state index in [-0.39, 0.29) is 17.9 Å². The summed E-state index contributed by atoms with van der Waals surface area (Å²) in [6.07, 6.45) is 3.74. The third kappa shape index (κ3) is 3.94. The van der Waals surface area contributed by atoms with Crippen LogP contribution in [-0.2, 0) is 11.3 Å². The smallest absolute Gasteiger partial charge is 0.146 e. The molecule has 1 aromatic heterocycles. The fourth-order valence-electron chi connectivity index (χ4n) is 2.92. The molecule has 2 heterocycles. The molecule has 0 aliphatic carbocycles. The maximum absolute atomic E-state index is 14.4. The van der Waals surface area contributed by atoms with Crippen molar-refractivity contribution in [3.05, 3.63) is 48.0 Å². The van der Waals surface area contributed by atoms with Crippen LogP contribution in [-0.4, -0.2) is 42.1 Å². The van der Waals surface area contributed by atoms with Gasteiger partial charge in [-0.25, -0.2) is 4.39 Å². The SMILES string of the molecule is C[C@H]([C@@H](C)NCc1ccc(N2CCOCC2)c(F)c1)n1cccn1. The Morgan fingerprint density at radius 2 is 2.08 bits per heavy atom. The standard InChI is InChI=1S/C18H25FN4O/c1-14(15(2)23-7-3-6-21-23)20-13-16-4-5-18(17(19)12-16)22-8-10-24-11-9-22/h3-7,12,14-15,20H,8-11,13H2,1-2H3/t14-,15-/m1/s1. The largest absolute Gasteiger partial charge is 0.378 e. The van der Waals surface area contributed by atoms with Gasteiger partial charge in [0.15, 0.2) is 0 Å². The van der Waals surface area contributed by atoms with Gasteiger partial charge in [-0.1, -0.05) is 6.07 Å². The summed E-state index contributed by atoms with van der Waals surface area (Å²) >= 11 is 0. The number of anilines is 1. The van der Waals surface area contributed by atoms with Crippen molar-refractivity contribution in [2.75, 3.05) is 31.2 Å². The first-order valence-electron chi connectivity index (χ1n) is 8.49. The minimum absolute atomic E-state index is 0.163. The van der Waals surface area contributed by atoms with Gasteiger partial charge in [-0.3, -0.25) is 4.68 Å². The minimum atomic E-state index is -0.163. The van der Waals surface area contributed by atoms with Gasteiger partial charge in [0.1, 0.15) is 5.82 Å². The maximum Gasteiger partial charge on any atom is 0.146 e. The average Bonchev–Trinajstić information content (AvgIpc) is 3.14. The van der Waals surface area contributed by atoms with Gasteiger partial charge >= 0.3 is 0 Å². The quantitative estimate of drug-likeness (QED) is 0.883. The number of nitrogens with one attached hydrogen (secondary N) is 1. The predicted molar refractivity (Wildman–Crippen MR) is 92.7 cm³/mol. The van der Waals surface area contributed by atoms with E-state index in [4.69, 9.17) is 4.74 Å². The van der Waals surface area contributed by atoms with Crippen molar-refractivity contribution in [3.63, 3.8) is 0 Å². The lowest BCUT2D eigenvalue weighted by atomic mass is 10.1. The lowest BCUT2D eigenvalue weighted by molar-refractivity contribution is 0.122. The Morgan fingerprint density at radius 1 is 1.29 bits per heavy atom. The van der Waals surface area contributed by atoms with Crippen LogP contribution in [0.2, 0.25) is 0 Å². The summed E-state index contributed by atoms with van der Waals surface area (Å²) in [5.74, 6) is -0.163. The molecular weight excluding hydrogens is 307 g/mol. The second-order valence-electron chi connectivity index (χ2n) is 6.28. The van der Waals surface area contributed by atoms with E-state index in [0.717, 1.165) is 18.7 Å². The fraction of sp³-hybridized carbons (Fsp3) is 0.500. The molecule has 0 unspecified atom stereocenters. The van der Waals surface area contributed by atoms with Crippen LogP contribution >= 0.6 is 0 Å².